The van der Waals surface area contributed by atoms with Gasteiger partial charge in [-0.05, 0) is 19.1 Å². The summed E-state index contributed by atoms with van der Waals surface area (Å²) in [5, 5.41) is 19.1. The Bertz CT molecular complexity index is 586. The van der Waals surface area contributed by atoms with Crippen molar-refractivity contribution in [2.45, 2.75) is 13.0 Å². The van der Waals surface area contributed by atoms with Crippen LogP contribution in [0.15, 0.2) is 22.7 Å². The largest absolute Gasteiger partial charge is 0.526 e. The number of hydrogen-bond acceptors (Lipinski definition) is 6. The minimum atomic E-state index is -1.61. The molecule has 100 valence electrons. The lowest BCUT2D eigenvalue weighted by molar-refractivity contribution is 0.0530. The number of fused-ring (bicyclic) bond motifs is 1. The molecule has 6 nitrogen and oxygen atoms in total. The summed E-state index contributed by atoms with van der Waals surface area (Å²) in [6.45, 7) is 4.20. The van der Waals surface area contributed by atoms with Crippen LogP contribution >= 0.6 is 0 Å². The van der Waals surface area contributed by atoms with Gasteiger partial charge in [-0.25, -0.2) is 4.98 Å². The van der Waals surface area contributed by atoms with E-state index in [4.69, 9.17) is 9.15 Å². The van der Waals surface area contributed by atoms with E-state index in [0.29, 0.717) is 12.2 Å². The molecule has 0 aromatic carbocycles. The van der Waals surface area contributed by atoms with Gasteiger partial charge in [0.2, 0.25) is 0 Å². The van der Waals surface area contributed by atoms with Crippen molar-refractivity contribution in [1.82, 2.24) is 4.98 Å². The molecule has 1 aliphatic rings. The number of hydrogen-bond donors (Lipinski definition) is 2. The van der Waals surface area contributed by atoms with Gasteiger partial charge in [0.15, 0.2) is 0 Å². The second kappa shape index (κ2) is 4.84. The maximum atomic E-state index is 9.18. The van der Waals surface area contributed by atoms with E-state index in [9.17, 15) is 10.0 Å². The van der Waals surface area contributed by atoms with Crippen LogP contribution in [0.1, 0.15) is 6.92 Å². The number of ether oxygens (including phenoxy) is 1. The highest BCUT2D eigenvalue weighted by Gasteiger charge is 2.23. The number of anilines is 1. The summed E-state index contributed by atoms with van der Waals surface area (Å²) in [6.07, 6.45) is 1.81. The molecular weight excluding hydrogens is 247 g/mol. The number of morpholine rings is 1. The van der Waals surface area contributed by atoms with Gasteiger partial charge >= 0.3 is 7.12 Å². The lowest BCUT2D eigenvalue weighted by Gasteiger charge is -2.32. The number of pyridine rings is 1. The number of nitrogens with zero attached hydrogens (tertiary/aromatic N) is 2. The molecule has 0 saturated carbocycles. The molecule has 1 fully saturated rings. The number of aromatic nitrogens is 1. The van der Waals surface area contributed by atoms with Gasteiger partial charge in [0.1, 0.15) is 17.1 Å². The lowest BCUT2D eigenvalue weighted by Crippen LogP contribution is -2.41. The summed E-state index contributed by atoms with van der Waals surface area (Å²) in [7, 11) is -1.61. The summed E-state index contributed by atoms with van der Waals surface area (Å²) in [4.78, 5) is 6.51. The highest BCUT2D eigenvalue weighted by Crippen LogP contribution is 2.25. The zero-order valence-electron chi connectivity index (χ0n) is 10.6. The van der Waals surface area contributed by atoms with Gasteiger partial charge in [-0.1, -0.05) is 0 Å². The van der Waals surface area contributed by atoms with E-state index in [0.717, 1.165) is 24.3 Å². The van der Waals surface area contributed by atoms with Gasteiger partial charge in [-0.3, -0.25) is 0 Å². The molecule has 7 heteroatoms. The van der Waals surface area contributed by atoms with E-state index >= 15 is 0 Å². The standard InChI is InChI=1S/C12H15BN2O4/c1-8-7-15(4-5-18-8)12-9-6-11(13(16)17)19-10(9)2-3-14-12/h2-3,6,8,16-17H,4-5,7H2,1H3/t8-/m0/s1. The topological polar surface area (TPSA) is 79.0 Å². The van der Waals surface area contributed by atoms with Gasteiger partial charge in [0, 0.05) is 19.3 Å². The first kappa shape index (κ1) is 12.5. The Hall–Kier alpha value is -1.57. The maximum Gasteiger partial charge on any atom is 0.526 e. The van der Waals surface area contributed by atoms with Crippen LogP contribution in [0.2, 0.25) is 0 Å². The fraction of sp³-hybridized carbons (Fsp3) is 0.417. The first-order valence-corrected chi connectivity index (χ1v) is 6.26. The second-order valence-electron chi connectivity index (χ2n) is 4.70. The summed E-state index contributed by atoms with van der Waals surface area (Å²) < 4.78 is 10.9. The average molecular weight is 262 g/mol. The minimum Gasteiger partial charge on any atom is -0.464 e. The molecule has 3 rings (SSSR count). The van der Waals surface area contributed by atoms with Crippen LogP contribution in [-0.2, 0) is 4.74 Å². The predicted octanol–water partition coefficient (Wildman–Crippen LogP) is -0.267. The van der Waals surface area contributed by atoms with Gasteiger partial charge in [0.05, 0.1) is 18.1 Å². The van der Waals surface area contributed by atoms with Crippen molar-refractivity contribution in [3.63, 3.8) is 0 Å². The minimum absolute atomic E-state index is 0.130. The molecule has 3 heterocycles. The Morgan fingerprint density at radius 1 is 1.47 bits per heavy atom. The predicted molar refractivity (Wildman–Crippen MR) is 71.5 cm³/mol. The molecule has 0 unspecified atom stereocenters. The SMILES string of the molecule is C[C@H]1CN(c2nccc3oc(B(O)O)cc23)CCO1. The zero-order valence-corrected chi connectivity index (χ0v) is 10.6. The van der Waals surface area contributed by atoms with Crippen molar-refractivity contribution < 1.29 is 19.2 Å². The first-order valence-electron chi connectivity index (χ1n) is 6.26. The Kier molecular flexibility index (Phi) is 3.18. The fourth-order valence-corrected chi connectivity index (χ4v) is 2.36. The first-order chi connectivity index (χ1) is 9.15. The number of furan rings is 1. The molecule has 19 heavy (non-hydrogen) atoms. The lowest BCUT2D eigenvalue weighted by atomic mass is 9.88. The van der Waals surface area contributed by atoms with E-state index < -0.39 is 7.12 Å². The van der Waals surface area contributed by atoms with E-state index in [1.165, 1.54) is 0 Å². The van der Waals surface area contributed by atoms with Crippen molar-refractivity contribution in [2.24, 2.45) is 0 Å². The monoisotopic (exact) mass is 262 g/mol. The normalized spacial score (nSPS) is 19.9. The van der Waals surface area contributed by atoms with Crippen LogP contribution in [0.4, 0.5) is 5.82 Å². The van der Waals surface area contributed by atoms with Crippen LogP contribution in [0.3, 0.4) is 0 Å². The van der Waals surface area contributed by atoms with Crippen molar-refractivity contribution in [1.29, 1.82) is 0 Å². The third kappa shape index (κ3) is 2.32. The maximum absolute atomic E-state index is 9.18. The van der Waals surface area contributed by atoms with Crippen LogP contribution in [0.25, 0.3) is 11.0 Å². The van der Waals surface area contributed by atoms with Crippen LogP contribution in [0, 0.1) is 0 Å². The van der Waals surface area contributed by atoms with E-state index in [1.807, 2.05) is 6.92 Å². The van der Waals surface area contributed by atoms with E-state index in [1.54, 1.807) is 18.3 Å². The molecule has 0 bridgehead atoms. The Labute approximate surface area is 110 Å². The van der Waals surface area contributed by atoms with Crippen molar-refractivity contribution >= 4 is 29.6 Å². The summed E-state index contributed by atoms with van der Waals surface area (Å²) >= 11 is 0. The zero-order chi connectivity index (χ0) is 13.4. The summed E-state index contributed by atoms with van der Waals surface area (Å²) in [6, 6.07) is 3.34. The molecule has 1 saturated heterocycles. The molecule has 0 radical (unpaired) electrons. The van der Waals surface area contributed by atoms with Gasteiger partial charge in [-0.15, -0.1) is 0 Å². The van der Waals surface area contributed by atoms with Crippen LogP contribution < -0.4 is 10.6 Å². The average Bonchev–Trinajstić information content (AvgIpc) is 2.82. The molecule has 2 aromatic rings. The van der Waals surface area contributed by atoms with E-state index in [-0.39, 0.29) is 11.8 Å². The summed E-state index contributed by atoms with van der Waals surface area (Å²) in [5.41, 5.74) is 0.734. The Balaban J connectivity index is 2.02. The molecule has 0 aliphatic carbocycles. The summed E-state index contributed by atoms with van der Waals surface area (Å²) in [5.74, 6) is 0.795. The van der Waals surface area contributed by atoms with E-state index in [2.05, 4.69) is 9.88 Å². The highest BCUT2D eigenvalue weighted by atomic mass is 16.5. The molecule has 1 atom stereocenters. The molecule has 0 spiro atoms. The van der Waals surface area contributed by atoms with Crippen LogP contribution in [-0.4, -0.2) is 48.0 Å². The number of rotatable bonds is 2. The quantitative estimate of drug-likeness (QED) is 0.725. The van der Waals surface area contributed by atoms with Crippen molar-refractivity contribution in [3.8, 4) is 0 Å². The highest BCUT2D eigenvalue weighted by molar-refractivity contribution is 6.57. The molecular formula is C12H15BN2O4. The Morgan fingerprint density at radius 3 is 3.05 bits per heavy atom. The molecule has 1 aliphatic heterocycles. The molecule has 2 N–H and O–H groups in total. The second-order valence-corrected chi connectivity index (χ2v) is 4.70. The Morgan fingerprint density at radius 2 is 2.32 bits per heavy atom. The van der Waals surface area contributed by atoms with Crippen LogP contribution in [0.5, 0.6) is 0 Å². The van der Waals surface area contributed by atoms with Crippen molar-refractivity contribution in [3.05, 3.63) is 18.3 Å². The smallest absolute Gasteiger partial charge is 0.464 e. The molecule has 0 amide bonds. The third-order valence-electron chi connectivity index (χ3n) is 3.24. The fourth-order valence-electron chi connectivity index (χ4n) is 2.36. The van der Waals surface area contributed by atoms with Crippen molar-refractivity contribution in [2.75, 3.05) is 24.6 Å². The third-order valence-corrected chi connectivity index (χ3v) is 3.24. The van der Waals surface area contributed by atoms with Gasteiger partial charge in [0.25, 0.3) is 0 Å². The van der Waals surface area contributed by atoms with Gasteiger partial charge < -0.3 is 24.1 Å². The van der Waals surface area contributed by atoms with Gasteiger partial charge in [-0.2, -0.15) is 0 Å². The molecule has 2 aromatic heterocycles.